The van der Waals surface area contributed by atoms with E-state index in [9.17, 15) is 4.79 Å². The number of benzene rings is 1. The number of carboxylic acid groups (broad SMARTS) is 1. The van der Waals surface area contributed by atoms with Gasteiger partial charge in [0.25, 0.3) is 0 Å². The minimum Gasteiger partial charge on any atom is -0.494 e. The van der Waals surface area contributed by atoms with Gasteiger partial charge in [0.05, 0.1) is 13.2 Å². The summed E-state index contributed by atoms with van der Waals surface area (Å²) in [5, 5.41) is 8.91. The SMILES string of the molecule is CN(CC(=O)O)C1CCCN(CCCOc2ccccc2)CC1. The van der Waals surface area contributed by atoms with Gasteiger partial charge >= 0.3 is 5.97 Å². The van der Waals surface area contributed by atoms with Gasteiger partial charge < -0.3 is 14.7 Å². The predicted octanol–water partition coefficient (Wildman–Crippen LogP) is 2.33. The Morgan fingerprint density at radius 3 is 2.83 bits per heavy atom. The number of para-hydroxylation sites is 1. The zero-order valence-corrected chi connectivity index (χ0v) is 14.0. The van der Waals surface area contributed by atoms with E-state index in [4.69, 9.17) is 9.84 Å². The molecule has 128 valence electrons. The first kappa shape index (κ1) is 17.8. The highest BCUT2D eigenvalue weighted by atomic mass is 16.5. The Bertz CT molecular complexity index is 467. The molecule has 0 saturated carbocycles. The maximum atomic E-state index is 10.8. The van der Waals surface area contributed by atoms with Crippen molar-refractivity contribution in [2.75, 3.05) is 39.8 Å². The third kappa shape index (κ3) is 6.59. The van der Waals surface area contributed by atoms with Crippen LogP contribution in [0.3, 0.4) is 0 Å². The fourth-order valence-electron chi connectivity index (χ4n) is 3.14. The quantitative estimate of drug-likeness (QED) is 0.745. The highest BCUT2D eigenvalue weighted by molar-refractivity contribution is 5.69. The second-order valence-electron chi connectivity index (χ2n) is 6.25. The standard InChI is InChI=1S/C18H28N2O3/c1-19(15-18(21)22)16-7-5-11-20(13-10-16)12-6-14-23-17-8-3-2-4-9-17/h2-4,8-9,16H,5-7,10-15H2,1H3,(H,21,22). The summed E-state index contributed by atoms with van der Waals surface area (Å²) in [5.74, 6) is 0.186. The molecule has 1 heterocycles. The summed E-state index contributed by atoms with van der Waals surface area (Å²) in [6.07, 6.45) is 4.28. The van der Waals surface area contributed by atoms with Crippen LogP contribution in [0.1, 0.15) is 25.7 Å². The van der Waals surface area contributed by atoms with Gasteiger partial charge in [0.2, 0.25) is 0 Å². The first-order chi connectivity index (χ1) is 11.1. The fourth-order valence-corrected chi connectivity index (χ4v) is 3.14. The largest absolute Gasteiger partial charge is 0.494 e. The summed E-state index contributed by atoms with van der Waals surface area (Å²) in [6.45, 7) is 4.06. The van der Waals surface area contributed by atoms with Gasteiger partial charge in [-0.2, -0.15) is 0 Å². The molecule has 1 aromatic carbocycles. The predicted molar refractivity (Wildman–Crippen MR) is 90.9 cm³/mol. The maximum Gasteiger partial charge on any atom is 0.317 e. The average molecular weight is 320 g/mol. The van der Waals surface area contributed by atoms with E-state index in [1.807, 2.05) is 42.3 Å². The van der Waals surface area contributed by atoms with Gasteiger partial charge in [0.15, 0.2) is 0 Å². The molecule has 1 aromatic rings. The Kier molecular flexibility index (Phi) is 7.36. The molecule has 2 rings (SSSR count). The van der Waals surface area contributed by atoms with Crippen molar-refractivity contribution in [1.82, 2.24) is 9.80 Å². The lowest BCUT2D eigenvalue weighted by Crippen LogP contribution is -2.36. The van der Waals surface area contributed by atoms with Crippen LogP contribution in [0.4, 0.5) is 0 Å². The van der Waals surface area contributed by atoms with Crippen LogP contribution < -0.4 is 4.74 Å². The fraction of sp³-hybridized carbons (Fsp3) is 0.611. The molecule has 1 saturated heterocycles. The Labute approximate surface area is 138 Å². The number of likely N-dealkylation sites (N-methyl/N-ethyl adjacent to an activating group) is 1. The molecule has 1 aliphatic rings. The van der Waals surface area contributed by atoms with Crippen LogP contribution in [-0.4, -0.2) is 66.8 Å². The van der Waals surface area contributed by atoms with E-state index in [2.05, 4.69) is 4.90 Å². The number of ether oxygens (including phenoxy) is 1. The average Bonchev–Trinajstić information content (AvgIpc) is 2.78. The summed E-state index contributed by atoms with van der Waals surface area (Å²) in [4.78, 5) is 15.3. The minimum atomic E-state index is -0.744. The van der Waals surface area contributed by atoms with E-state index in [1.54, 1.807) is 0 Å². The molecular weight excluding hydrogens is 292 g/mol. The van der Waals surface area contributed by atoms with Crippen LogP contribution in [0.25, 0.3) is 0 Å². The zero-order chi connectivity index (χ0) is 16.5. The molecule has 1 atom stereocenters. The summed E-state index contributed by atoms with van der Waals surface area (Å²) < 4.78 is 5.73. The first-order valence-electron chi connectivity index (χ1n) is 8.47. The third-order valence-corrected chi connectivity index (χ3v) is 4.43. The number of carbonyl (C=O) groups is 1. The molecule has 0 aliphatic carbocycles. The molecule has 0 radical (unpaired) electrons. The molecule has 1 fully saturated rings. The lowest BCUT2D eigenvalue weighted by Gasteiger charge is -2.25. The van der Waals surface area contributed by atoms with Gasteiger partial charge in [-0.3, -0.25) is 9.69 Å². The van der Waals surface area contributed by atoms with Gasteiger partial charge in [0, 0.05) is 12.6 Å². The molecule has 0 aromatic heterocycles. The van der Waals surface area contributed by atoms with Gasteiger partial charge in [-0.15, -0.1) is 0 Å². The van der Waals surface area contributed by atoms with Crippen LogP contribution in [-0.2, 0) is 4.79 Å². The van der Waals surface area contributed by atoms with Crippen LogP contribution >= 0.6 is 0 Å². The maximum absolute atomic E-state index is 10.8. The molecule has 1 unspecified atom stereocenters. The number of hydrogen-bond acceptors (Lipinski definition) is 4. The molecule has 23 heavy (non-hydrogen) atoms. The third-order valence-electron chi connectivity index (χ3n) is 4.43. The van der Waals surface area contributed by atoms with Crippen LogP contribution in [0.5, 0.6) is 5.75 Å². The molecule has 5 nitrogen and oxygen atoms in total. The molecule has 0 amide bonds. The van der Waals surface area contributed by atoms with Gasteiger partial charge in [0.1, 0.15) is 5.75 Å². The summed E-state index contributed by atoms with van der Waals surface area (Å²) >= 11 is 0. The van der Waals surface area contributed by atoms with Crippen LogP contribution in [0, 0.1) is 0 Å². The molecular formula is C18H28N2O3. The molecule has 0 spiro atoms. The van der Waals surface area contributed by atoms with Crippen molar-refractivity contribution in [3.8, 4) is 5.75 Å². The van der Waals surface area contributed by atoms with E-state index < -0.39 is 5.97 Å². The van der Waals surface area contributed by atoms with Crippen molar-refractivity contribution in [3.05, 3.63) is 30.3 Å². The van der Waals surface area contributed by atoms with E-state index in [1.165, 1.54) is 0 Å². The lowest BCUT2D eigenvalue weighted by molar-refractivity contribution is -0.138. The number of nitrogens with zero attached hydrogens (tertiary/aromatic N) is 2. The monoisotopic (exact) mass is 320 g/mol. The Hall–Kier alpha value is -1.59. The normalized spacial score (nSPS) is 19.5. The van der Waals surface area contributed by atoms with Crippen molar-refractivity contribution < 1.29 is 14.6 Å². The van der Waals surface area contributed by atoms with Crippen molar-refractivity contribution in [1.29, 1.82) is 0 Å². The van der Waals surface area contributed by atoms with Crippen molar-refractivity contribution in [2.45, 2.75) is 31.7 Å². The Morgan fingerprint density at radius 1 is 1.30 bits per heavy atom. The van der Waals surface area contributed by atoms with Gasteiger partial charge in [-0.05, 0) is 58.0 Å². The van der Waals surface area contributed by atoms with Crippen molar-refractivity contribution in [3.63, 3.8) is 0 Å². The van der Waals surface area contributed by atoms with Crippen LogP contribution in [0.15, 0.2) is 30.3 Å². The van der Waals surface area contributed by atoms with E-state index in [-0.39, 0.29) is 6.54 Å². The van der Waals surface area contributed by atoms with Crippen molar-refractivity contribution in [2.24, 2.45) is 0 Å². The second-order valence-corrected chi connectivity index (χ2v) is 6.25. The topological polar surface area (TPSA) is 53.0 Å². The number of likely N-dealkylation sites (tertiary alicyclic amines) is 1. The Morgan fingerprint density at radius 2 is 2.09 bits per heavy atom. The van der Waals surface area contributed by atoms with E-state index in [0.29, 0.717) is 6.04 Å². The van der Waals surface area contributed by atoms with Gasteiger partial charge in [-0.1, -0.05) is 18.2 Å². The Balaban J connectivity index is 1.64. The summed E-state index contributed by atoms with van der Waals surface area (Å²) in [5.41, 5.74) is 0. The summed E-state index contributed by atoms with van der Waals surface area (Å²) in [6, 6.07) is 10.3. The lowest BCUT2D eigenvalue weighted by atomic mass is 10.1. The molecule has 5 heteroatoms. The first-order valence-corrected chi connectivity index (χ1v) is 8.47. The number of rotatable bonds is 8. The molecule has 0 bridgehead atoms. The summed E-state index contributed by atoms with van der Waals surface area (Å²) in [7, 11) is 1.92. The minimum absolute atomic E-state index is 0.135. The highest BCUT2D eigenvalue weighted by Gasteiger charge is 2.21. The van der Waals surface area contributed by atoms with Gasteiger partial charge in [-0.25, -0.2) is 0 Å². The van der Waals surface area contributed by atoms with E-state index in [0.717, 1.165) is 57.7 Å². The van der Waals surface area contributed by atoms with Crippen LogP contribution in [0.2, 0.25) is 0 Å². The molecule has 1 aliphatic heterocycles. The number of carboxylic acids is 1. The number of aliphatic carboxylic acids is 1. The van der Waals surface area contributed by atoms with E-state index >= 15 is 0 Å². The molecule has 1 N–H and O–H groups in total. The number of hydrogen-bond donors (Lipinski definition) is 1. The van der Waals surface area contributed by atoms with Crippen molar-refractivity contribution >= 4 is 5.97 Å². The second kappa shape index (κ2) is 9.53. The zero-order valence-electron chi connectivity index (χ0n) is 14.0. The highest BCUT2D eigenvalue weighted by Crippen LogP contribution is 2.16. The smallest absolute Gasteiger partial charge is 0.317 e.